The predicted octanol–water partition coefficient (Wildman–Crippen LogP) is 2.63. The maximum atomic E-state index is 5.64. The molecule has 1 rings (SSSR count). The minimum Gasteiger partial charge on any atom is -0.353 e. The lowest BCUT2D eigenvalue weighted by Gasteiger charge is -2.27. The lowest BCUT2D eigenvalue weighted by Crippen LogP contribution is -2.39. The van der Waals surface area contributed by atoms with Crippen LogP contribution in [-0.2, 0) is 9.47 Å². The molecule has 1 fully saturated rings. The molecular formula is C16H34N2O2. The summed E-state index contributed by atoms with van der Waals surface area (Å²) in [6, 6.07) is 0.685. The maximum absolute atomic E-state index is 5.64. The molecule has 1 saturated heterocycles. The van der Waals surface area contributed by atoms with Crippen LogP contribution in [0.25, 0.3) is 0 Å². The average Bonchev–Trinajstić information content (AvgIpc) is 2.95. The van der Waals surface area contributed by atoms with Gasteiger partial charge in [-0.15, -0.1) is 0 Å². The minimum atomic E-state index is -0.0364. The summed E-state index contributed by atoms with van der Waals surface area (Å²) in [5.41, 5.74) is 0. The molecule has 0 spiro atoms. The number of hydrogen-bond acceptors (Lipinski definition) is 4. The first-order chi connectivity index (χ1) is 9.80. The number of nitrogens with one attached hydrogen (secondary N) is 1. The van der Waals surface area contributed by atoms with Crippen LogP contribution in [0.5, 0.6) is 0 Å². The first-order valence-corrected chi connectivity index (χ1v) is 8.49. The molecule has 1 N–H and O–H groups in total. The summed E-state index contributed by atoms with van der Waals surface area (Å²) in [5.74, 6) is 0. The number of rotatable bonds is 12. The summed E-state index contributed by atoms with van der Waals surface area (Å²) in [6.07, 6.45) is 6.12. The third-order valence-corrected chi connectivity index (χ3v) is 3.86. The lowest BCUT2D eigenvalue weighted by atomic mass is 10.2. The standard InChI is InChI=1S/C16H34N2O2/c1-4-7-12-18(14-15-9-8-11-17-15)13-10-16(19-5-2)20-6-3/h15-17H,4-14H2,1-3H3. The van der Waals surface area contributed by atoms with Crippen LogP contribution in [0.3, 0.4) is 0 Å². The summed E-state index contributed by atoms with van der Waals surface area (Å²) >= 11 is 0. The topological polar surface area (TPSA) is 33.7 Å². The van der Waals surface area contributed by atoms with Crippen molar-refractivity contribution in [3.05, 3.63) is 0 Å². The van der Waals surface area contributed by atoms with Crippen LogP contribution in [0.4, 0.5) is 0 Å². The second-order valence-corrected chi connectivity index (χ2v) is 5.58. The van der Waals surface area contributed by atoms with Gasteiger partial charge in [-0.05, 0) is 46.2 Å². The Bertz CT molecular complexity index is 215. The molecule has 1 heterocycles. The highest BCUT2D eigenvalue weighted by molar-refractivity contribution is 4.78. The van der Waals surface area contributed by atoms with E-state index in [0.29, 0.717) is 6.04 Å². The molecule has 120 valence electrons. The van der Waals surface area contributed by atoms with Crippen molar-refractivity contribution in [1.82, 2.24) is 10.2 Å². The molecule has 0 radical (unpaired) electrons. The average molecular weight is 286 g/mol. The van der Waals surface area contributed by atoms with E-state index in [2.05, 4.69) is 17.1 Å². The Balaban J connectivity index is 2.32. The van der Waals surface area contributed by atoms with Gasteiger partial charge in [-0.1, -0.05) is 13.3 Å². The van der Waals surface area contributed by atoms with Gasteiger partial charge in [0.1, 0.15) is 0 Å². The molecule has 4 heteroatoms. The van der Waals surface area contributed by atoms with Crippen molar-refractivity contribution in [1.29, 1.82) is 0 Å². The predicted molar refractivity (Wildman–Crippen MR) is 84.0 cm³/mol. The Labute approximate surface area is 125 Å². The van der Waals surface area contributed by atoms with Gasteiger partial charge in [-0.25, -0.2) is 0 Å². The van der Waals surface area contributed by atoms with Crippen molar-refractivity contribution >= 4 is 0 Å². The first kappa shape index (κ1) is 17.9. The molecule has 0 amide bonds. The van der Waals surface area contributed by atoms with Crippen LogP contribution >= 0.6 is 0 Å². The Morgan fingerprint density at radius 2 is 1.90 bits per heavy atom. The molecule has 1 atom stereocenters. The molecule has 0 aromatic carbocycles. The van der Waals surface area contributed by atoms with Crippen molar-refractivity contribution < 1.29 is 9.47 Å². The van der Waals surface area contributed by atoms with E-state index in [9.17, 15) is 0 Å². The zero-order valence-electron chi connectivity index (χ0n) is 13.7. The van der Waals surface area contributed by atoms with Gasteiger partial charge >= 0.3 is 0 Å². The zero-order chi connectivity index (χ0) is 14.6. The smallest absolute Gasteiger partial charge is 0.158 e. The van der Waals surface area contributed by atoms with E-state index in [1.54, 1.807) is 0 Å². The van der Waals surface area contributed by atoms with Crippen LogP contribution < -0.4 is 5.32 Å². The fraction of sp³-hybridized carbons (Fsp3) is 1.00. The van der Waals surface area contributed by atoms with Gasteiger partial charge < -0.3 is 19.7 Å². The van der Waals surface area contributed by atoms with Gasteiger partial charge in [0.25, 0.3) is 0 Å². The van der Waals surface area contributed by atoms with E-state index >= 15 is 0 Å². The number of unbranched alkanes of at least 4 members (excludes halogenated alkanes) is 1. The third-order valence-electron chi connectivity index (χ3n) is 3.86. The fourth-order valence-electron chi connectivity index (χ4n) is 2.77. The van der Waals surface area contributed by atoms with Crippen molar-refractivity contribution in [2.75, 3.05) is 39.4 Å². The highest BCUT2D eigenvalue weighted by Crippen LogP contribution is 2.10. The lowest BCUT2D eigenvalue weighted by molar-refractivity contribution is -0.141. The fourth-order valence-corrected chi connectivity index (χ4v) is 2.77. The van der Waals surface area contributed by atoms with Crippen LogP contribution in [0.2, 0.25) is 0 Å². The van der Waals surface area contributed by atoms with Crippen molar-refractivity contribution in [3.8, 4) is 0 Å². The molecule has 0 aromatic rings. The molecule has 0 bridgehead atoms. The molecule has 0 aliphatic carbocycles. The third kappa shape index (κ3) is 7.58. The number of ether oxygens (including phenoxy) is 2. The van der Waals surface area contributed by atoms with Gasteiger partial charge in [0.2, 0.25) is 0 Å². The van der Waals surface area contributed by atoms with Crippen LogP contribution in [-0.4, -0.2) is 56.6 Å². The molecule has 1 unspecified atom stereocenters. The summed E-state index contributed by atoms with van der Waals surface area (Å²) < 4.78 is 11.3. The highest BCUT2D eigenvalue weighted by atomic mass is 16.7. The zero-order valence-corrected chi connectivity index (χ0v) is 13.7. The summed E-state index contributed by atoms with van der Waals surface area (Å²) in [6.45, 7) is 12.4. The Kier molecular flexibility index (Phi) is 10.3. The van der Waals surface area contributed by atoms with E-state index < -0.39 is 0 Å². The van der Waals surface area contributed by atoms with Gasteiger partial charge in [0.05, 0.1) is 0 Å². The summed E-state index contributed by atoms with van der Waals surface area (Å²) in [4.78, 5) is 2.58. The minimum absolute atomic E-state index is 0.0364. The van der Waals surface area contributed by atoms with Crippen LogP contribution in [0, 0.1) is 0 Å². The van der Waals surface area contributed by atoms with Gasteiger partial charge in [0.15, 0.2) is 6.29 Å². The number of nitrogens with zero attached hydrogens (tertiary/aromatic N) is 1. The van der Waals surface area contributed by atoms with E-state index in [1.807, 2.05) is 13.8 Å². The molecule has 20 heavy (non-hydrogen) atoms. The first-order valence-electron chi connectivity index (χ1n) is 8.49. The summed E-state index contributed by atoms with van der Waals surface area (Å²) in [7, 11) is 0. The SMILES string of the molecule is CCCCN(CCC(OCC)OCC)CC1CCCN1. The summed E-state index contributed by atoms with van der Waals surface area (Å²) in [5, 5.41) is 3.60. The van der Waals surface area contributed by atoms with Crippen molar-refractivity contribution in [2.24, 2.45) is 0 Å². The van der Waals surface area contributed by atoms with E-state index in [1.165, 1.54) is 45.3 Å². The molecule has 0 aromatic heterocycles. The molecule has 1 aliphatic heterocycles. The van der Waals surface area contributed by atoms with Crippen LogP contribution in [0.1, 0.15) is 52.9 Å². The normalized spacial score (nSPS) is 19.4. The van der Waals surface area contributed by atoms with Crippen LogP contribution in [0.15, 0.2) is 0 Å². The molecule has 1 aliphatic rings. The monoisotopic (exact) mass is 286 g/mol. The second-order valence-electron chi connectivity index (χ2n) is 5.58. The van der Waals surface area contributed by atoms with E-state index in [-0.39, 0.29) is 6.29 Å². The van der Waals surface area contributed by atoms with Crippen molar-refractivity contribution in [2.45, 2.75) is 65.2 Å². The van der Waals surface area contributed by atoms with Gasteiger partial charge in [-0.3, -0.25) is 0 Å². The molecule has 4 nitrogen and oxygen atoms in total. The van der Waals surface area contributed by atoms with Crippen molar-refractivity contribution in [3.63, 3.8) is 0 Å². The Hall–Kier alpha value is -0.160. The van der Waals surface area contributed by atoms with Gasteiger partial charge in [-0.2, -0.15) is 0 Å². The molecular weight excluding hydrogens is 252 g/mol. The molecule has 0 saturated carbocycles. The van der Waals surface area contributed by atoms with E-state index in [0.717, 1.165) is 26.2 Å². The maximum Gasteiger partial charge on any atom is 0.158 e. The quantitative estimate of drug-likeness (QED) is 0.559. The van der Waals surface area contributed by atoms with E-state index in [4.69, 9.17) is 9.47 Å². The highest BCUT2D eigenvalue weighted by Gasteiger charge is 2.18. The largest absolute Gasteiger partial charge is 0.353 e. The second kappa shape index (κ2) is 11.5. The Morgan fingerprint density at radius 3 is 2.45 bits per heavy atom. The Morgan fingerprint density at radius 1 is 1.15 bits per heavy atom. The van der Waals surface area contributed by atoms with Gasteiger partial charge in [0, 0.05) is 38.8 Å². The number of hydrogen-bond donors (Lipinski definition) is 1.